The van der Waals surface area contributed by atoms with Crippen LogP contribution in [-0.2, 0) is 16.0 Å². The molecule has 6 heteroatoms. The van der Waals surface area contributed by atoms with Gasteiger partial charge >= 0.3 is 0 Å². The van der Waals surface area contributed by atoms with Crippen molar-refractivity contribution < 1.29 is 14.6 Å². The van der Waals surface area contributed by atoms with Crippen molar-refractivity contribution in [3.63, 3.8) is 0 Å². The molecule has 1 heterocycles. The predicted molar refractivity (Wildman–Crippen MR) is 67.9 cm³/mol. The Hall–Kier alpha value is -1.66. The number of nitrogens with two attached hydrogens (primary N) is 1. The highest BCUT2D eigenvalue weighted by Crippen LogP contribution is 2.01. The number of ether oxygens (including phenoxy) is 1. The Morgan fingerprint density at radius 3 is 2.94 bits per heavy atom. The van der Waals surface area contributed by atoms with E-state index in [0.717, 1.165) is 6.42 Å². The van der Waals surface area contributed by atoms with Crippen LogP contribution in [0.3, 0.4) is 0 Å². The van der Waals surface area contributed by atoms with Crippen LogP contribution in [-0.4, -0.2) is 42.4 Å². The van der Waals surface area contributed by atoms with Crippen LogP contribution >= 0.6 is 0 Å². The first-order valence-corrected chi connectivity index (χ1v) is 5.88. The monoisotopic (exact) mass is 253 g/mol. The van der Waals surface area contributed by atoms with E-state index in [9.17, 15) is 4.79 Å². The van der Waals surface area contributed by atoms with Gasteiger partial charge in [0.2, 0.25) is 5.91 Å². The van der Waals surface area contributed by atoms with Crippen molar-refractivity contribution in [1.29, 1.82) is 0 Å². The number of hydrogen-bond acceptors (Lipinski definition) is 5. The summed E-state index contributed by atoms with van der Waals surface area (Å²) < 4.78 is 5.07. The second-order valence-electron chi connectivity index (χ2n) is 3.80. The summed E-state index contributed by atoms with van der Waals surface area (Å²) in [6.45, 7) is 1.44. The minimum atomic E-state index is -0.0746. The number of amides is 1. The molecule has 0 aliphatic carbocycles. The van der Waals surface area contributed by atoms with Crippen LogP contribution in [0.4, 0.5) is 5.69 Å². The fourth-order valence-electron chi connectivity index (χ4n) is 1.34. The molecule has 0 aliphatic rings. The van der Waals surface area contributed by atoms with Crippen LogP contribution in [0.25, 0.3) is 0 Å². The van der Waals surface area contributed by atoms with Crippen molar-refractivity contribution >= 4 is 11.6 Å². The number of carbonyl (C=O) groups is 1. The number of rotatable bonds is 8. The second-order valence-corrected chi connectivity index (χ2v) is 3.80. The van der Waals surface area contributed by atoms with Crippen LogP contribution in [0.15, 0.2) is 18.3 Å². The van der Waals surface area contributed by atoms with Gasteiger partial charge in [-0.3, -0.25) is 9.78 Å². The highest BCUT2D eigenvalue weighted by atomic mass is 16.5. The zero-order valence-electron chi connectivity index (χ0n) is 10.3. The molecule has 0 saturated carbocycles. The fourth-order valence-corrected chi connectivity index (χ4v) is 1.34. The minimum Gasteiger partial charge on any atom is -0.397 e. The second kappa shape index (κ2) is 8.43. The third-order valence-corrected chi connectivity index (χ3v) is 2.21. The third kappa shape index (κ3) is 6.17. The molecule has 0 saturated heterocycles. The lowest BCUT2D eigenvalue weighted by atomic mass is 10.2. The summed E-state index contributed by atoms with van der Waals surface area (Å²) in [4.78, 5) is 15.6. The first-order valence-electron chi connectivity index (χ1n) is 5.88. The van der Waals surface area contributed by atoms with Crippen molar-refractivity contribution in [2.75, 3.05) is 32.1 Å². The van der Waals surface area contributed by atoms with Crippen LogP contribution in [0.5, 0.6) is 0 Å². The number of nitrogens with one attached hydrogen (secondary N) is 1. The topological polar surface area (TPSA) is 97.5 Å². The molecule has 0 aromatic carbocycles. The molecule has 1 rings (SSSR count). The fraction of sp³-hybridized carbons (Fsp3) is 0.500. The number of aliphatic hydroxyl groups is 1. The van der Waals surface area contributed by atoms with Gasteiger partial charge in [0, 0.05) is 18.8 Å². The molecule has 1 aromatic rings. The summed E-state index contributed by atoms with van der Waals surface area (Å²) >= 11 is 0. The highest BCUT2D eigenvalue weighted by Gasteiger charge is 2.03. The molecular weight excluding hydrogens is 234 g/mol. The number of aromatic nitrogens is 1. The summed E-state index contributed by atoms with van der Waals surface area (Å²) in [5.74, 6) is -0.0746. The Balaban J connectivity index is 2.12. The van der Waals surface area contributed by atoms with Gasteiger partial charge in [-0.25, -0.2) is 0 Å². The van der Waals surface area contributed by atoms with E-state index < -0.39 is 0 Å². The SMILES string of the molecule is Nc1ccc(CC(=O)NCCCOCCO)nc1. The minimum absolute atomic E-state index is 0.0230. The van der Waals surface area contributed by atoms with E-state index in [1.165, 1.54) is 6.20 Å². The van der Waals surface area contributed by atoms with Crippen molar-refractivity contribution in [1.82, 2.24) is 10.3 Å². The zero-order chi connectivity index (χ0) is 13.2. The average Bonchev–Trinajstić information content (AvgIpc) is 2.36. The Morgan fingerprint density at radius 1 is 1.44 bits per heavy atom. The lowest BCUT2D eigenvalue weighted by Crippen LogP contribution is -2.27. The van der Waals surface area contributed by atoms with E-state index in [2.05, 4.69) is 10.3 Å². The summed E-state index contributed by atoms with van der Waals surface area (Å²) in [6, 6.07) is 3.46. The molecule has 0 fully saturated rings. The van der Waals surface area contributed by atoms with Crippen LogP contribution in [0.2, 0.25) is 0 Å². The Kier molecular flexibility index (Phi) is 6.75. The van der Waals surface area contributed by atoms with Gasteiger partial charge in [0.15, 0.2) is 0 Å². The quantitative estimate of drug-likeness (QED) is 0.554. The number of aliphatic hydroxyl groups excluding tert-OH is 1. The molecule has 0 radical (unpaired) electrons. The number of hydrogen-bond donors (Lipinski definition) is 3. The molecule has 1 amide bonds. The predicted octanol–water partition coefficient (Wildman–Crippen LogP) is -0.278. The van der Waals surface area contributed by atoms with Crippen molar-refractivity contribution in [2.45, 2.75) is 12.8 Å². The van der Waals surface area contributed by atoms with Gasteiger partial charge in [-0.1, -0.05) is 0 Å². The Bertz CT molecular complexity index is 354. The van der Waals surface area contributed by atoms with Crippen LogP contribution in [0, 0.1) is 0 Å². The molecule has 100 valence electrons. The standard InChI is InChI=1S/C12H19N3O3/c13-10-2-3-11(15-9-10)8-12(17)14-4-1-6-18-7-5-16/h2-3,9,16H,1,4-8,13H2,(H,14,17). The number of carbonyl (C=O) groups excluding carboxylic acids is 1. The lowest BCUT2D eigenvalue weighted by molar-refractivity contribution is -0.120. The Labute approximate surface area is 106 Å². The molecule has 0 bridgehead atoms. The van der Waals surface area contributed by atoms with Gasteiger partial charge < -0.3 is 20.9 Å². The van der Waals surface area contributed by atoms with Crippen molar-refractivity contribution in [2.24, 2.45) is 0 Å². The van der Waals surface area contributed by atoms with Gasteiger partial charge in [0.25, 0.3) is 0 Å². The van der Waals surface area contributed by atoms with E-state index in [-0.39, 0.29) is 18.9 Å². The maximum Gasteiger partial charge on any atom is 0.226 e. The molecule has 6 nitrogen and oxygen atoms in total. The normalized spacial score (nSPS) is 10.3. The van der Waals surface area contributed by atoms with Gasteiger partial charge in [-0.15, -0.1) is 0 Å². The van der Waals surface area contributed by atoms with Gasteiger partial charge in [0.1, 0.15) is 0 Å². The molecule has 0 atom stereocenters. The zero-order valence-corrected chi connectivity index (χ0v) is 10.3. The Morgan fingerprint density at radius 2 is 2.28 bits per heavy atom. The van der Waals surface area contributed by atoms with Gasteiger partial charge in [-0.05, 0) is 18.6 Å². The van der Waals surface area contributed by atoms with E-state index in [1.54, 1.807) is 12.1 Å². The summed E-state index contributed by atoms with van der Waals surface area (Å²) in [5, 5.41) is 11.3. The third-order valence-electron chi connectivity index (χ3n) is 2.21. The molecule has 18 heavy (non-hydrogen) atoms. The maximum absolute atomic E-state index is 11.5. The number of anilines is 1. The number of pyridine rings is 1. The smallest absolute Gasteiger partial charge is 0.226 e. The molecule has 1 aromatic heterocycles. The molecular formula is C12H19N3O3. The average molecular weight is 253 g/mol. The molecule has 0 aliphatic heterocycles. The number of nitrogen functional groups attached to an aromatic ring is 1. The summed E-state index contributed by atoms with van der Waals surface area (Å²) in [5.41, 5.74) is 6.78. The summed E-state index contributed by atoms with van der Waals surface area (Å²) in [6.07, 6.45) is 2.50. The first-order chi connectivity index (χ1) is 8.72. The van der Waals surface area contributed by atoms with E-state index in [0.29, 0.717) is 31.1 Å². The molecule has 4 N–H and O–H groups in total. The molecule has 0 spiro atoms. The van der Waals surface area contributed by atoms with Crippen molar-refractivity contribution in [3.8, 4) is 0 Å². The first kappa shape index (κ1) is 14.4. The van der Waals surface area contributed by atoms with Crippen LogP contribution in [0.1, 0.15) is 12.1 Å². The molecule has 0 unspecified atom stereocenters. The van der Waals surface area contributed by atoms with E-state index in [1.807, 2.05) is 0 Å². The van der Waals surface area contributed by atoms with E-state index in [4.69, 9.17) is 15.6 Å². The van der Waals surface area contributed by atoms with Gasteiger partial charge in [-0.2, -0.15) is 0 Å². The number of nitrogens with zero attached hydrogens (tertiary/aromatic N) is 1. The van der Waals surface area contributed by atoms with E-state index >= 15 is 0 Å². The lowest BCUT2D eigenvalue weighted by Gasteiger charge is -2.05. The van der Waals surface area contributed by atoms with Crippen molar-refractivity contribution in [3.05, 3.63) is 24.0 Å². The maximum atomic E-state index is 11.5. The van der Waals surface area contributed by atoms with Gasteiger partial charge in [0.05, 0.1) is 31.5 Å². The largest absolute Gasteiger partial charge is 0.397 e. The highest BCUT2D eigenvalue weighted by molar-refractivity contribution is 5.78. The van der Waals surface area contributed by atoms with Crippen LogP contribution < -0.4 is 11.1 Å². The summed E-state index contributed by atoms with van der Waals surface area (Å²) in [7, 11) is 0.